The van der Waals surface area contributed by atoms with Crippen LogP contribution in [0.5, 0.6) is 0 Å². The summed E-state index contributed by atoms with van der Waals surface area (Å²) in [6, 6.07) is 10.6. The first-order valence-electron chi connectivity index (χ1n) is 15.9. The molecule has 0 bridgehead atoms. The molecule has 3 saturated carbocycles. The van der Waals surface area contributed by atoms with E-state index in [9.17, 15) is 34.2 Å². The number of benzene rings is 1. The Morgan fingerprint density at radius 1 is 1.08 bits per heavy atom. The van der Waals surface area contributed by atoms with Gasteiger partial charge in [-0.25, -0.2) is 13.3 Å². The Labute approximate surface area is 274 Å². The van der Waals surface area contributed by atoms with Gasteiger partial charge in [-0.3, -0.25) is 14.1 Å². The van der Waals surface area contributed by atoms with Gasteiger partial charge in [0.2, 0.25) is 6.29 Å². The number of phosphoric ester groups is 1. The molecule has 4 fully saturated rings. The number of fused-ring (bicyclic) bond motifs is 7. The van der Waals surface area contributed by atoms with Crippen LogP contribution in [-0.4, -0.2) is 67.8 Å². The summed E-state index contributed by atoms with van der Waals surface area (Å²) >= 11 is 0. The number of rotatable bonds is 8. The fraction of sp³-hybridized carbons (Fsp3) is 0.529. The van der Waals surface area contributed by atoms with E-state index in [1.54, 1.807) is 31.2 Å². The molecule has 4 aliphatic carbocycles. The third-order valence-electron chi connectivity index (χ3n) is 11.6. The minimum Gasteiger partial charge on any atom is -0.460 e. The SMILES string of the molecule is C[C@]12C=CC(=O)C=C1[C@@H](F)C[C@H]1[C@@H]3C[C@H]4O[C@@H](c5ccc(Cc6ccc(CO)cc6)o5)O[C@@]4(C(=O)COP(=O)(O)O)[C@@]3(C)C[C@H](O)[C@@]12F. The Morgan fingerprint density at radius 2 is 1.79 bits per heavy atom. The number of hydrogen-bond acceptors (Lipinski definition) is 9. The van der Waals surface area contributed by atoms with Crippen molar-refractivity contribution in [2.45, 2.75) is 82.1 Å². The zero-order valence-corrected chi connectivity index (χ0v) is 27.1. The zero-order chi connectivity index (χ0) is 34.4. The number of allylic oxidation sites excluding steroid dienone is 4. The largest absolute Gasteiger partial charge is 0.470 e. The lowest BCUT2D eigenvalue weighted by Crippen LogP contribution is -2.70. The Morgan fingerprint density at radius 3 is 2.48 bits per heavy atom. The van der Waals surface area contributed by atoms with Gasteiger partial charge in [0.05, 0.1) is 18.8 Å². The van der Waals surface area contributed by atoms with Crippen molar-refractivity contribution < 1.29 is 61.3 Å². The molecule has 11 nitrogen and oxygen atoms in total. The molecule has 5 aliphatic rings. The van der Waals surface area contributed by atoms with Crippen molar-refractivity contribution in [3.63, 3.8) is 0 Å². The Balaban J connectivity index is 1.23. The summed E-state index contributed by atoms with van der Waals surface area (Å²) in [6.45, 7) is 1.95. The summed E-state index contributed by atoms with van der Waals surface area (Å²) in [7, 11) is -5.10. The van der Waals surface area contributed by atoms with Crippen molar-refractivity contribution in [1.29, 1.82) is 0 Å². The smallest absolute Gasteiger partial charge is 0.460 e. The topological polar surface area (TPSA) is 173 Å². The molecule has 0 spiro atoms. The van der Waals surface area contributed by atoms with E-state index in [4.69, 9.17) is 13.9 Å². The van der Waals surface area contributed by atoms with Crippen LogP contribution in [0, 0.1) is 22.7 Å². The summed E-state index contributed by atoms with van der Waals surface area (Å²) in [5.41, 5.74) is -5.82. The molecule has 1 aliphatic heterocycles. The lowest BCUT2D eigenvalue weighted by Gasteiger charge is -2.63. The highest BCUT2D eigenvalue weighted by atomic mass is 31.2. The van der Waals surface area contributed by atoms with E-state index < -0.39 is 84.6 Å². The quantitative estimate of drug-likeness (QED) is 0.294. The van der Waals surface area contributed by atoms with Crippen LogP contribution in [0.4, 0.5) is 8.78 Å². The van der Waals surface area contributed by atoms with Crippen molar-refractivity contribution >= 4 is 19.4 Å². The first-order chi connectivity index (χ1) is 22.6. The molecule has 2 aromatic rings. The number of furan rings is 1. The Kier molecular flexibility index (Phi) is 7.93. The fourth-order valence-corrected chi connectivity index (χ4v) is 9.69. The standard InChI is InChI=1S/C34H37F2O11P/c1-31-10-9-20(38)12-24(31)25(35)13-23-22-14-29-34(28(40)17-44-48(41,42)43,32(22,2)15-27(39)33(23,31)36)47-30(46-29)26-8-7-21(45-26)11-18-3-5-19(16-37)6-4-18/h3-10,12,22-23,25,27,29-30,37,39H,11,13-17H2,1-2H3,(H2,41,42,43)/t22-,23-,25-,27-,29+,30+,31-,32-,33-,34+/m0/s1. The molecule has 4 N–H and O–H groups in total. The number of aliphatic hydroxyl groups is 2. The molecule has 48 heavy (non-hydrogen) atoms. The predicted molar refractivity (Wildman–Crippen MR) is 162 cm³/mol. The van der Waals surface area contributed by atoms with Gasteiger partial charge in [-0.15, -0.1) is 0 Å². The normalized spacial score (nSPS) is 40.2. The predicted octanol–water partition coefficient (Wildman–Crippen LogP) is 4.12. The molecule has 258 valence electrons. The van der Waals surface area contributed by atoms with Crippen LogP contribution < -0.4 is 0 Å². The second-order valence-corrected chi connectivity index (χ2v) is 15.3. The zero-order valence-electron chi connectivity index (χ0n) is 26.3. The first-order valence-corrected chi connectivity index (χ1v) is 17.4. The van der Waals surface area contributed by atoms with Crippen molar-refractivity contribution in [3.05, 3.63) is 82.8 Å². The highest BCUT2D eigenvalue weighted by Gasteiger charge is 2.80. The van der Waals surface area contributed by atoms with Gasteiger partial charge in [0.15, 0.2) is 28.6 Å². The maximum atomic E-state index is 17.7. The Hall–Kier alpha value is -2.87. The van der Waals surface area contributed by atoms with Crippen molar-refractivity contribution in [3.8, 4) is 0 Å². The molecule has 2 heterocycles. The van der Waals surface area contributed by atoms with E-state index in [-0.39, 0.29) is 37.2 Å². The lowest BCUT2D eigenvalue weighted by molar-refractivity contribution is -0.236. The van der Waals surface area contributed by atoms with Gasteiger partial charge < -0.3 is 33.9 Å². The average Bonchev–Trinajstić information content (AvgIpc) is 3.72. The van der Waals surface area contributed by atoms with Gasteiger partial charge in [0.1, 0.15) is 18.5 Å². The summed E-state index contributed by atoms with van der Waals surface area (Å²) in [4.78, 5) is 45.1. The van der Waals surface area contributed by atoms with Crippen molar-refractivity contribution in [1.82, 2.24) is 0 Å². The molecule has 1 aromatic heterocycles. The summed E-state index contributed by atoms with van der Waals surface area (Å²) in [6.07, 6.45) is -2.50. The minimum atomic E-state index is -5.10. The van der Waals surface area contributed by atoms with Crippen LogP contribution in [0.2, 0.25) is 0 Å². The number of Topliss-reactive ketones (excluding diaryl/α,β-unsaturated/α-hetero) is 1. The molecule has 0 radical (unpaired) electrons. The van der Waals surface area contributed by atoms with Crippen LogP contribution in [0.25, 0.3) is 0 Å². The fourth-order valence-electron chi connectivity index (χ4n) is 9.41. The first kappa shape index (κ1) is 33.6. The number of ether oxygens (including phenoxy) is 2. The van der Waals surface area contributed by atoms with Gasteiger partial charge in [-0.05, 0) is 73.1 Å². The average molecular weight is 691 g/mol. The van der Waals surface area contributed by atoms with E-state index in [2.05, 4.69) is 4.52 Å². The van der Waals surface area contributed by atoms with Gasteiger partial charge in [0, 0.05) is 23.2 Å². The van der Waals surface area contributed by atoms with E-state index in [1.165, 1.54) is 19.1 Å². The molecular weight excluding hydrogens is 653 g/mol. The number of hydrogen-bond donors (Lipinski definition) is 4. The summed E-state index contributed by atoms with van der Waals surface area (Å²) in [5, 5.41) is 21.0. The van der Waals surface area contributed by atoms with Gasteiger partial charge in [-0.2, -0.15) is 0 Å². The van der Waals surface area contributed by atoms with Crippen LogP contribution in [0.15, 0.2) is 64.6 Å². The number of carbonyl (C=O) groups is 2. The van der Waals surface area contributed by atoms with Crippen LogP contribution in [-0.2, 0) is 41.2 Å². The van der Waals surface area contributed by atoms with E-state index in [1.807, 2.05) is 12.1 Å². The maximum absolute atomic E-state index is 17.7. The van der Waals surface area contributed by atoms with E-state index in [0.717, 1.165) is 17.2 Å². The number of ketones is 2. The van der Waals surface area contributed by atoms with Crippen molar-refractivity contribution in [2.75, 3.05) is 6.61 Å². The summed E-state index contributed by atoms with van der Waals surface area (Å²) < 4.78 is 68.7. The highest BCUT2D eigenvalue weighted by molar-refractivity contribution is 7.46. The molecule has 1 saturated heterocycles. The Bertz CT molecular complexity index is 1750. The van der Waals surface area contributed by atoms with Crippen LogP contribution >= 0.6 is 7.82 Å². The molecule has 0 unspecified atom stereocenters. The molecule has 1 aromatic carbocycles. The third-order valence-corrected chi connectivity index (χ3v) is 12.1. The highest BCUT2D eigenvalue weighted by Crippen LogP contribution is 2.72. The molecular formula is C34H37F2O11P. The number of aliphatic hydroxyl groups excluding tert-OH is 2. The monoisotopic (exact) mass is 690 g/mol. The minimum absolute atomic E-state index is 0.00692. The second kappa shape index (κ2) is 11.3. The number of halogens is 2. The molecule has 0 amide bonds. The van der Waals surface area contributed by atoms with Gasteiger partial charge >= 0.3 is 7.82 Å². The summed E-state index contributed by atoms with van der Waals surface area (Å²) in [5.74, 6) is -2.51. The number of alkyl halides is 2. The van der Waals surface area contributed by atoms with E-state index in [0.29, 0.717) is 12.2 Å². The lowest BCUT2D eigenvalue weighted by atomic mass is 9.44. The van der Waals surface area contributed by atoms with Crippen LogP contribution in [0.1, 0.15) is 62.0 Å². The molecule has 14 heteroatoms. The maximum Gasteiger partial charge on any atom is 0.470 e. The number of carbonyl (C=O) groups excluding carboxylic acids is 2. The third kappa shape index (κ3) is 4.81. The van der Waals surface area contributed by atoms with E-state index >= 15 is 8.78 Å². The van der Waals surface area contributed by atoms with Crippen LogP contribution in [0.3, 0.4) is 0 Å². The van der Waals surface area contributed by atoms with Gasteiger partial charge in [-0.1, -0.05) is 37.3 Å². The molecule has 7 rings (SSSR count). The second-order valence-electron chi connectivity index (χ2n) is 14.0. The van der Waals surface area contributed by atoms with Gasteiger partial charge in [0.25, 0.3) is 0 Å². The molecule has 10 atom stereocenters. The van der Waals surface area contributed by atoms with Crippen molar-refractivity contribution in [2.24, 2.45) is 22.7 Å². The number of phosphoric acid groups is 1.